The average molecular weight is 323 g/mol. The molecule has 2 rings (SSSR count). The van der Waals surface area contributed by atoms with Crippen LogP contribution < -0.4 is 5.32 Å². The SMILES string of the molecule is CC(=O)c1ccc(C=CCNC(=O)OCc2ccccc2)c(C)c1. The molecule has 0 saturated heterocycles. The molecule has 0 spiro atoms. The van der Waals surface area contributed by atoms with Crippen LogP contribution in [0.1, 0.15) is 34.0 Å². The number of aryl methyl sites for hydroxylation is 1. The van der Waals surface area contributed by atoms with Crippen LogP contribution in [0.3, 0.4) is 0 Å². The summed E-state index contributed by atoms with van der Waals surface area (Å²) in [4.78, 5) is 22.9. The summed E-state index contributed by atoms with van der Waals surface area (Å²) in [5.74, 6) is 0.0523. The predicted octanol–water partition coefficient (Wildman–Crippen LogP) is 4.14. The van der Waals surface area contributed by atoms with Gasteiger partial charge in [-0.1, -0.05) is 54.6 Å². The van der Waals surface area contributed by atoms with Crippen molar-refractivity contribution >= 4 is 18.0 Å². The van der Waals surface area contributed by atoms with Crippen molar-refractivity contribution in [2.75, 3.05) is 6.54 Å². The number of alkyl carbamates (subject to hydrolysis) is 1. The molecular weight excluding hydrogens is 302 g/mol. The van der Waals surface area contributed by atoms with Gasteiger partial charge in [-0.15, -0.1) is 0 Å². The Balaban J connectivity index is 1.78. The van der Waals surface area contributed by atoms with Crippen LogP contribution in [0, 0.1) is 6.92 Å². The molecule has 1 amide bonds. The summed E-state index contributed by atoms with van der Waals surface area (Å²) in [5, 5.41) is 2.67. The van der Waals surface area contributed by atoms with Crippen molar-refractivity contribution in [1.82, 2.24) is 5.32 Å². The first kappa shape index (κ1) is 17.5. The number of hydrogen-bond acceptors (Lipinski definition) is 3. The smallest absolute Gasteiger partial charge is 0.407 e. The molecule has 24 heavy (non-hydrogen) atoms. The number of hydrogen-bond donors (Lipinski definition) is 1. The van der Waals surface area contributed by atoms with E-state index in [2.05, 4.69) is 5.32 Å². The lowest BCUT2D eigenvalue weighted by molar-refractivity contribution is 0.101. The second-order valence-electron chi connectivity index (χ2n) is 5.47. The van der Waals surface area contributed by atoms with E-state index in [1.54, 1.807) is 13.0 Å². The molecule has 2 aromatic rings. The Morgan fingerprint density at radius 1 is 1.12 bits per heavy atom. The summed E-state index contributed by atoms with van der Waals surface area (Å²) in [7, 11) is 0. The largest absolute Gasteiger partial charge is 0.445 e. The van der Waals surface area contributed by atoms with Gasteiger partial charge in [0.25, 0.3) is 0 Å². The molecule has 0 heterocycles. The number of carbonyl (C=O) groups excluding carboxylic acids is 2. The standard InChI is InChI=1S/C20H21NO3/c1-15-13-19(16(2)22)11-10-18(15)9-6-12-21-20(23)24-14-17-7-4-3-5-8-17/h3-11,13H,12,14H2,1-2H3,(H,21,23). The zero-order chi connectivity index (χ0) is 17.4. The van der Waals surface area contributed by atoms with Crippen molar-refractivity contribution < 1.29 is 14.3 Å². The fourth-order valence-electron chi connectivity index (χ4n) is 2.18. The van der Waals surface area contributed by atoms with Gasteiger partial charge in [0.1, 0.15) is 6.61 Å². The van der Waals surface area contributed by atoms with Crippen LogP contribution in [0.15, 0.2) is 54.6 Å². The Morgan fingerprint density at radius 3 is 2.54 bits per heavy atom. The van der Waals surface area contributed by atoms with E-state index in [1.807, 2.05) is 61.5 Å². The molecular formula is C20H21NO3. The molecule has 0 radical (unpaired) electrons. The molecule has 1 N–H and O–H groups in total. The topological polar surface area (TPSA) is 55.4 Å². The lowest BCUT2D eigenvalue weighted by atomic mass is 10.0. The normalized spacial score (nSPS) is 10.6. The Kier molecular flexibility index (Phi) is 6.32. The third kappa shape index (κ3) is 5.39. The highest BCUT2D eigenvalue weighted by atomic mass is 16.5. The van der Waals surface area contributed by atoms with E-state index in [-0.39, 0.29) is 12.4 Å². The van der Waals surface area contributed by atoms with Gasteiger partial charge in [-0.25, -0.2) is 4.79 Å². The van der Waals surface area contributed by atoms with Crippen LogP contribution in [0.5, 0.6) is 0 Å². The summed E-state index contributed by atoms with van der Waals surface area (Å²) in [6, 6.07) is 15.1. The van der Waals surface area contributed by atoms with Crippen molar-refractivity contribution in [2.24, 2.45) is 0 Å². The maximum Gasteiger partial charge on any atom is 0.407 e. The number of benzene rings is 2. The molecule has 0 aliphatic carbocycles. The number of rotatable bonds is 6. The lowest BCUT2D eigenvalue weighted by Gasteiger charge is -2.05. The predicted molar refractivity (Wildman–Crippen MR) is 94.8 cm³/mol. The summed E-state index contributed by atoms with van der Waals surface area (Å²) < 4.78 is 5.12. The summed E-state index contributed by atoms with van der Waals surface area (Å²) >= 11 is 0. The Bertz CT molecular complexity index is 736. The Labute approximate surface area is 142 Å². The lowest BCUT2D eigenvalue weighted by Crippen LogP contribution is -2.24. The Hall–Kier alpha value is -2.88. The maximum absolute atomic E-state index is 11.6. The first-order valence-electron chi connectivity index (χ1n) is 7.79. The van der Waals surface area contributed by atoms with Gasteiger partial charge in [-0.3, -0.25) is 4.79 Å². The summed E-state index contributed by atoms with van der Waals surface area (Å²) in [6.07, 6.45) is 3.31. The zero-order valence-corrected chi connectivity index (χ0v) is 13.9. The van der Waals surface area contributed by atoms with Gasteiger partial charge in [-0.05, 0) is 36.6 Å². The molecule has 0 bridgehead atoms. The molecule has 124 valence electrons. The van der Waals surface area contributed by atoms with E-state index in [0.717, 1.165) is 16.7 Å². The first-order valence-corrected chi connectivity index (χ1v) is 7.79. The van der Waals surface area contributed by atoms with Crippen LogP contribution in [0.4, 0.5) is 4.79 Å². The third-order valence-electron chi connectivity index (χ3n) is 3.55. The van der Waals surface area contributed by atoms with E-state index in [0.29, 0.717) is 12.1 Å². The maximum atomic E-state index is 11.6. The van der Waals surface area contributed by atoms with E-state index in [1.165, 1.54) is 0 Å². The van der Waals surface area contributed by atoms with Crippen molar-refractivity contribution in [3.63, 3.8) is 0 Å². The van der Waals surface area contributed by atoms with Crippen LogP contribution >= 0.6 is 0 Å². The molecule has 0 aliphatic heterocycles. The number of nitrogens with one attached hydrogen (secondary N) is 1. The quantitative estimate of drug-likeness (QED) is 0.813. The van der Waals surface area contributed by atoms with Crippen molar-refractivity contribution in [2.45, 2.75) is 20.5 Å². The van der Waals surface area contributed by atoms with Crippen LogP contribution in [0.25, 0.3) is 6.08 Å². The fraction of sp³-hybridized carbons (Fsp3) is 0.200. The zero-order valence-electron chi connectivity index (χ0n) is 13.9. The molecule has 4 nitrogen and oxygen atoms in total. The second-order valence-corrected chi connectivity index (χ2v) is 5.47. The molecule has 0 atom stereocenters. The first-order chi connectivity index (χ1) is 11.6. The summed E-state index contributed by atoms with van der Waals surface area (Å²) in [5.41, 5.74) is 3.68. The molecule has 2 aromatic carbocycles. The average Bonchev–Trinajstić information content (AvgIpc) is 2.58. The molecule has 0 unspecified atom stereocenters. The minimum absolute atomic E-state index is 0.0523. The van der Waals surface area contributed by atoms with Crippen LogP contribution in [0.2, 0.25) is 0 Å². The highest BCUT2D eigenvalue weighted by molar-refractivity contribution is 5.94. The van der Waals surface area contributed by atoms with Gasteiger partial charge in [0.05, 0.1) is 0 Å². The number of amides is 1. The molecule has 0 saturated carbocycles. The molecule has 0 aromatic heterocycles. The van der Waals surface area contributed by atoms with E-state index in [4.69, 9.17) is 4.74 Å². The van der Waals surface area contributed by atoms with E-state index < -0.39 is 6.09 Å². The fourth-order valence-corrected chi connectivity index (χ4v) is 2.18. The minimum Gasteiger partial charge on any atom is -0.445 e. The molecule has 0 aliphatic rings. The van der Waals surface area contributed by atoms with Crippen LogP contribution in [-0.2, 0) is 11.3 Å². The minimum atomic E-state index is -0.452. The highest BCUT2D eigenvalue weighted by Gasteiger charge is 2.02. The van der Waals surface area contributed by atoms with Gasteiger partial charge in [0, 0.05) is 12.1 Å². The monoisotopic (exact) mass is 323 g/mol. The number of ether oxygens (including phenoxy) is 1. The van der Waals surface area contributed by atoms with E-state index in [9.17, 15) is 9.59 Å². The molecule has 4 heteroatoms. The van der Waals surface area contributed by atoms with Gasteiger partial charge in [-0.2, -0.15) is 0 Å². The second kappa shape index (κ2) is 8.67. The number of ketones is 1. The van der Waals surface area contributed by atoms with Gasteiger partial charge in [0.15, 0.2) is 5.78 Å². The third-order valence-corrected chi connectivity index (χ3v) is 3.55. The van der Waals surface area contributed by atoms with E-state index >= 15 is 0 Å². The van der Waals surface area contributed by atoms with Gasteiger partial charge < -0.3 is 10.1 Å². The van der Waals surface area contributed by atoms with Crippen molar-refractivity contribution in [3.8, 4) is 0 Å². The van der Waals surface area contributed by atoms with Gasteiger partial charge >= 0.3 is 6.09 Å². The van der Waals surface area contributed by atoms with Gasteiger partial charge in [0.2, 0.25) is 0 Å². The number of carbonyl (C=O) groups is 2. The highest BCUT2D eigenvalue weighted by Crippen LogP contribution is 2.13. The number of Topliss-reactive ketones (excluding diaryl/α,β-unsaturated/α-hetero) is 1. The molecule has 0 fully saturated rings. The van der Waals surface area contributed by atoms with Crippen molar-refractivity contribution in [1.29, 1.82) is 0 Å². The summed E-state index contributed by atoms with van der Waals surface area (Å²) in [6.45, 7) is 4.13. The Morgan fingerprint density at radius 2 is 1.88 bits per heavy atom. The van der Waals surface area contributed by atoms with Crippen molar-refractivity contribution in [3.05, 3.63) is 76.9 Å². The van der Waals surface area contributed by atoms with Crippen LogP contribution in [-0.4, -0.2) is 18.4 Å².